The second-order valence-electron chi connectivity index (χ2n) is 5.98. The molecule has 0 aliphatic heterocycles. The van der Waals surface area contributed by atoms with E-state index in [1.165, 1.54) is 5.56 Å². The number of aromatic amines is 1. The van der Waals surface area contributed by atoms with Gasteiger partial charge in [-0.2, -0.15) is 0 Å². The zero-order valence-electron chi connectivity index (χ0n) is 15.6. The van der Waals surface area contributed by atoms with Gasteiger partial charge in [0.2, 0.25) is 0 Å². The van der Waals surface area contributed by atoms with Crippen molar-refractivity contribution in [2.75, 3.05) is 21.3 Å². The van der Waals surface area contributed by atoms with E-state index in [0.717, 1.165) is 30.2 Å². The number of nitrogens with zero attached hydrogens (tertiary/aromatic N) is 2. The first-order valence-electron chi connectivity index (χ1n) is 8.18. The molecule has 2 aromatic carbocycles. The molecule has 1 aromatic heterocycles. The van der Waals surface area contributed by atoms with Crippen LogP contribution in [0.2, 0.25) is 0 Å². The van der Waals surface area contributed by atoms with Gasteiger partial charge in [0, 0.05) is 30.5 Å². The van der Waals surface area contributed by atoms with E-state index in [1.807, 2.05) is 30.5 Å². The maximum atomic E-state index is 5.36. The number of benzene rings is 2. The van der Waals surface area contributed by atoms with Crippen LogP contribution in [0.3, 0.4) is 0 Å². The van der Waals surface area contributed by atoms with E-state index in [-0.39, 0.29) is 24.8 Å². The molecule has 0 aliphatic carbocycles. The van der Waals surface area contributed by atoms with Crippen molar-refractivity contribution < 1.29 is 9.47 Å². The van der Waals surface area contributed by atoms with Crippen LogP contribution in [0.5, 0.6) is 11.5 Å². The molecular formula is C20H25Cl2N3O2. The monoisotopic (exact) mass is 409 g/mol. The van der Waals surface area contributed by atoms with Gasteiger partial charge in [0.15, 0.2) is 11.5 Å². The quantitative estimate of drug-likeness (QED) is 0.620. The molecule has 27 heavy (non-hydrogen) atoms. The minimum Gasteiger partial charge on any atom is -0.493 e. The normalized spacial score (nSPS) is 10.1. The van der Waals surface area contributed by atoms with Crippen molar-refractivity contribution >= 4 is 24.8 Å². The Morgan fingerprint density at radius 1 is 0.926 bits per heavy atom. The molecule has 0 fully saturated rings. The van der Waals surface area contributed by atoms with E-state index < -0.39 is 0 Å². The highest BCUT2D eigenvalue weighted by molar-refractivity contribution is 5.85. The molecule has 1 heterocycles. The van der Waals surface area contributed by atoms with Crippen LogP contribution >= 0.6 is 24.8 Å². The minimum atomic E-state index is 0. The maximum Gasteiger partial charge on any atom is 0.161 e. The van der Waals surface area contributed by atoms with E-state index in [2.05, 4.69) is 46.2 Å². The van der Waals surface area contributed by atoms with Crippen LogP contribution in [-0.4, -0.2) is 36.1 Å². The van der Waals surface area contributed by atoms with Crippen LogP contribution in [-0.2, 0) is 13.1 Å². The molecule has 146 valence electrons. The predicted octanol–water partition coefficient (Wildman–Crippen LogP) is 4.57. The topological polar surface area (TPSA) is 50.4 Å². The molecule has 7 heteroatoms. The Bertz CT molecular complexity index is 825. The number of H-pyrrole nitrogens is 1. The Morgan fingerprint density at radius 2 is 1.63 bits per heavy atom. The van der Waals surface area contributed by atoms with Gasteiger partial charge >= 0.3 is 0 Å². The average molecular weight is 410 g/mol. The van der Waals surface area contributed by atoms with Crippen LogP contribution in [0.15, 0.2) is 54.7 Å². The Morgan fingerprint density at radius 3 is 2.30 bits per heavy atom. The average Bonchev–Trinajstić information content (AvgIpc) is 3.10. The van der Waals surface area contributed by atoms with Gasteiger partial charge in [0.05, 0.1) is 14.2 Å². The Hall–Kier alpha value is -2.21. The zero-order chi connectivity index (χ0) is 17.6. The van der Waals surface area contributed by atoms with Gasteiger partial charge < -0.3 is 14.5 Å². The number of nitrogens with one attached hydrogen (secondary N) is 1. The molecule has 1 N–H and O–H groups in total. The third-order valence-corrected chi connectivity index (χ3v) is 4.02. The number of methoxy groups -OCH3 is 2. The van der Waals surface area contributed by atoms with Crippen LogP contribution in [0, 0.1) is 0 Å². The number of hydrogen-bond acceptors (Lipinski definition) is 4. The molecule has 0 bridgehead atoms. The summed E-state index contributed by atoms with van der Waals surface area (Å²) < 4.78 is 10.6. The first-order valence-corrected chi connectivity index (χ1v) is 8.18. The van der Waals surface area contributed by atoms with E-state index >= 15 is 0 Å². The summed E-state index contributed by atoms with van der Waals surface area (Å²) in [4.78, 5) is 10.1. The van der Waals surface area contributed by atoms with Gasteiger partial charge in [0.1, 0.15) is 5.82 Å². The molecular weight excluding hydrogens is 385 g/mol. The van der Waals surface area contributed by atoms with Crippen molar-refractivity contribution in [2.24, 2.45) is 0 Å². The smallest absolute Gasteiger partial charge is 0.161 e. The molecule has 0 unspecified atom stereocenters. The lowest BCUT2D eigenvalue weighted by Crippen LogP contribution is -2.17. The standard InChI is InChI=1S/C20H23N3O2.2ClH/c1-23(13-15-7-5-4-6-8-15)14-17-12-21-20(22-17)16-9-10-18(24-2)19(11-16)25-3;;/h4-12H,13-14H2,1-3H3,(H,21,22);2*1H. The van der Waals surface area contributed by atoms with Crippen molar-refractivity contribution in [1.29, 1.82) is 0 Å². The molecule has 0 saturated heterocycles. The van der Waals surface area contributed by atoms with Crippen molar-refractivity contribution in [1.82, 2.24) is 14.9 Å². The van der Waals surface area contributed by atoms with E-state index in [0.29, 0.717) is 11.5 Å². The SMILES string of the molecule is COc1ccc(-c2ncc(CN(C)Cc3ccccc3)[nH]2)cc1OC.Cl.Cl. The summed E-state index contributed by atoms with van der Waals surface area (Å²) in [5.41, 5.74) is 3.34. The van der Waals surface area contributed by atoms with E-state index in [9.17, 15) is 0 Å². The highest BCUT2D eigenvalue weighted by Crippen LogP contribution is 2.31. The van der Waals surface area contributed by atoms with E-state index in [1.54, 1.807) is 14.2 Å². The molecule has 3 aromatic rings. The lowest BCUT2D eigenvalue weighted by Gasteiger charge is -2.15. The Kier molecular flexibility index (Phi) is 9.15. The number of hydrogen-bond donors (Lipinski definition) is 1. The highest BCUT2D eigenvalue weighted by Gasteiger charge is 2.10. The number of aromatic nitrogens is 2. The molecule has 0 spiro atoms. The summed E-state index contributed by atoms with van der Waals surface area (Å²) in [5, 5.41) is 0. The molecule has 0 amide bonds. The number of imidazole rings is 1. The summed E-state index contributed by atoms with van der Waals surface area (Å²) in [7, 11) is 5.36. The summed E-state index contributed by atoms with van der Waals surface area (Å²) in [6.45, 7) is 1.70. The molecule has 0 atom stereocenters. The van der Waals surface area contributed by atoms with Crippen molar-refractivity contribution in [3.63, 3.8) is 0 Å². The van der Waals surface area contributed by atoms with Crippen LogP contribution in [0.25, 0.3) is 11.4 Å². The largest absolute Gasteiger partial charge is 0.493 e. The number of halogens is 2. The summed E-state index contributed by atoms with van der Waals surface area (Å²) in [6, 6.07) is 16.2. The van der Waals surface area contributed by atoms with Gasteiger partial charge in [-0.05, 0) is 30.8 Å². The fourth-order valence-electron chi connectivity index (χ4n) is 2.81. The van der Waals surface area contributed by atoms with Crippen molar-refractivity contribution in [3.8, 4) is 22.9 Å². The third kappa shape index (κ3) is 5.89. The summed E-state index contributed by atoms with van der Waals surface area (Å²) in [5.74, 6) is 2.23. The second kappa shape index (κ2) is 10.8. The molecule has 0 saturated carbocycles. The van der Waals surface area contributed by atoms with E-state index in [4.69, 9.17) is 9.47 Å². The predicted molar refractivity (Wildman–Crippen MR) is 113 cm³/mol. The van der Waals surface area contributed by atoms with Crippen LogP contribution in [0.1, 0.15) is 11.3 Å². The van der Waals surface area contributed by atoms with Gasteiger partial charge in [-0.1, -0.05) is 30.3 Å². The molecule has 5 nitrogen and oxygen atoms in total. The van der Waals surface area contributed by atoms with Crippen molar-refractivity contribution in [3.05, 3.63) is 66.0 Å². The minimum absolute atomic E-state index is 0. The maximum absolute atomic E-state index is 5.36. The fourth-order valence-corrected chi connectivity index (χ4v) is 2.81. The first-order chi connectivity index (χ1) is 12.2. The van der Waals surface area contributed by atoms with Gasteiger partial charge in [-0.3, -0.25) is 4.90 Å². The molecule has 0 aliphatic rings. The fraction of sp³-hybridized carbons (Fsp3) is 0.250. The van der Waals surface area contributed by atoms with Crippen molar-refractivity contribution in [2.45, 2.75) is 13.1 Å². The Balaban J connectivity index is 0.00000182. The second-order valence-corrected chi connectivity index (χ2v) is 5.98. The zero-order valence-corrected chi connectivity index (χ0v) is 17.3. The first kappa shape index (κ1) is 22.8. The lowest BCUT2D eigenvalue weighted by molar-refractivity contribution is 0.315. The number of rotatable bonds is 7. The van der Waals surface area contributed by atoms with Gasteiger partial charge in [-0.15, -0.1) is 24.8 Å². The summed E-state index contributed by atoms with van der Waals surface area (Å²) in [6.07, 6.45) is 1.88. The Labute approximate surface area is 172 Å². The van der Waals surface area contributed by atoms with Gasteiger partial charge in [0.25, 0.3) is 0 Å². The van der Waals surface area contributed by atoms with Gasteiger partial charge in [-0.25, -0.2) is 4.98 Å². The highest BCUT2D eigenvalue weighted by atomic mass is 35.5. The number of ether oxygens (including phenoxy) is 2. The summed E-state index contributed by atoms with van der Waals surface area (Å²) >= 11 is 0. The third-order valence-electron chi connectivity index (χ3n) is 4.02. The lowest BCUT2D eigenvalue weighted by atomic mass is 10.2. The molecule has 0 radical (unpaired) electrons. The van der Waals surface area contributed by atoms with Crippen LogP contribution < -0.4 is 9.47 Å². The molecule has 3 rings (SSSR count). The van der Waals surface area contributed by atoms with Crippen LogP contribution in [0.4, 0.5) is 0 Å².